The number of carbonyl (C=O) groups excluding carboxylic acids is 1. The molecule has 3 aromatic heterocycles. The van der Waals surface area contributed by atoms with E-state index in [1.54, 1.807) is 34.5 Å². The van der Waals surface area contributed by atoms with E-state index >= 15 is 0 Å². The highest BCUT2D eigenvalue weighted by Crippen LogP contribution is 2.24. The van der Waals surface area contributed by atoms with Crippen LogP contribution in [0.15, 0.2) is 35.4 Å². The fourth-order valence-corrected chi connectivity index (χ4v) is 4.47. The van der Waals surface area contributed by atoms with Crippen LogP contribution in [-0.2, 0) is 0 Å². The number of hydrogen-bond donors (Lipinski definition) is 3. The molecule has 1 aliphatic carbocycles. The van der Waals surface area contributed by atoms with Crippen molar-refractivity contribution in [1.82, 2.24) is 29.4 Å². The summed E-state index contributed by atoms with van der Waals surface area (Å²) < 4.78 is 16.1. The number of rotatable bonds is 8. The second-order valence-corrected chi connectivity index (χ2v) is 8.86. The standard InChI is InChI=1S/C23H29FN8O2/c1-25-20-12-19(29-21-17(13-26-32(20)21)22(33)27-15-6-7-15)28-18-5-3-10-31(23(18)34)16-4-2-9-30(14-16)11-8-24/h3,5,10,12-13,15-16,25H,2,4,6-9,11,14H2,1H3,(H,27,33)(H,28,29). The maximum atomic E-state index is 13.3. The molecule has 2 aliphatic rings. The zero-order valence-electron chi connectivity index (χ0n) is 19.1. The molecule has 11 heteroatoms. The van der Waals surface area contributed by atoms with Crippen molar-refractivity contribution in [2.24, 2.45) is 0 Å². The van der Waals surface area contributed by atoms with Gasteiger partial charge in [0.05, 0.1) is 6.20 Å². The predicted molar refractivity (Wildman–Crippen MR) is 128 cm³/mol. The lowest BCUT2D eigenvalue weighted by molar-refractivity contribution is 0.0952. The topological polar surface area (TPSA) is 109 Å². The summed E-state index contributed by atoms with van der Waals surface area (Å²) in [7, 11) is 1.76. The molecule has 0 spiro atoms. The molecule has 1 aliphatic heterocycles. The molecule has 0 bridgehead atoms. The molecule has 10 nitrogen and oxygen atoms in total. The SMILES string of the molecule is CNc1cc(Nc2cccn(C3CCCN(CCF)C3)c2=O)nc2c(C(=O)NC3CC3)cnn12. The van der Waals surface area contributed by atoms with Crippen LogP contribution in [0.1, 0.15) is 42.1 Å². The molecule has 0 radical (unpaired) electrons. The number of nitrogens with one attached hydrogen (secondary N) is 3. The van der Waals surface area contributed by atoms with Crippen molar-refractivity contribution >= 4 is 28.9 Å². The summed E-state index contributed by atoms with van der Waals surface area (Å²) in [5.74, 6) is 0.847. The third-order valence-electron chi connectivity index (χ3n) is 6.40. The summed E-state index contributed by atoms with van der Waals surface area (Å²) in [6.07, 6.45) is 7.05. The predicted octanol–water partition coefficient (Wildman–Crippen LogP) is 2.17. The number of hydrogen-bond acceptors (Lipinski definition) is 7. The fourth-order valence-electron chi connectivity index (χ4n) is 4.47. The number of alkyl halides is 1. The number of halogens is 1. The smallest absolute Gasteiger partial charge is 0.274 e. The van der Waals surface area contributed by atoms with Crippen molar-refractivity contribution in [3.8, 4) is 0 Å². The first-order valence-corrected chi connectivity index (χ1v) is 11.7. The summed E-state index contributed by atoms with van der Waals surface area (Å²) in [5, 5.41) is 13.5. The van der Waals surface area contributed by atoms with Gasteiger partial charge in [-0.05, 0) is 44.4 Å². The van der Waals surface area contributed by atoms with Crippen LogP contribution in [0.4, 0.5) is 21.7 Å². The second-order valence-electron chi connectivity index (χ2n) is 8.86. The number of fused-ring (bicyclic) bond motifs is 1. The highest BCUT2D eigenvalue weighted by atomic mass is 19.1. The van der Waals surface area contributed by atoms with Crippen molar-refractivity contribution in [3.05, 3.63) is 46.5 Å². The minimum atomic E-state index is -0.388. The molecule has 4 heterocycles. The molecule has 1 amide bonds. The highest BCUT2D eigenvalue weighted by Gasteiger charge is 2.26. The van der Waals surface area contributed by atoms with Gasteiger partial charge in [-0.1, -0.05) is 0 Å². The minimum absolute atomic E-state index is 0.00888. The Balaban J connectivity index is 1.44. The molecule has 0 aromatic carbocycles. The van der Waals surface area contributed by atoms with E-state index in [2.05, 4.69) is 30.9 Å². The Hall–Kier alpha value is -3.47. The van der Waals surface area contributed by atoms with Crippen molar-refractivity contribution in [2.45, 2.75) is 37.8 Å². The molecule has 5 rings (SSSR count). The molecular weight excluding hydrogens is 439 g/mol. The van der Waals surface area contributed by atoms with Gasteiger partial charge in [0.25, 0.3) is 11.5 Å². The van der Waals surface area contributed by atoms with E-state index in [0.717, 1.165) is 32.2 Å². The lowest BCUT2D eigenvalue weighted by Crippen LogP contribution is -2.40. The largest absolute Gasteiger partial charge is 0.373 e. The molecule has 1 saturated heterocycles. The van der Waals surface area contributed by atoms with Gasteiger partial charge in [0.2, 0.25) is 0 Å². The van der Waals surface area contributed by atoms with E-state index in [1.165, 1.54) is 6.20 Å². The van der Waals surface area contributed by atoms with Crippen LogP contribution in [0, 0.1) is 0 Å². The van der Waals surface area contributed by atoms with E-state index in [-0.39, 0.29) is 30.2 Å². The van der Waals surface area contributed by atoms with Crippen LogP contribution in [0.5, 0.6) is 0 Å². The second kappa shape index (κ2) is 9.41. The first-order valence-electron chi connectivity index (χ1n) is 11.7. The number of likely N-dealkylation sites (tertiary alicyclic amines) is 1. The zero-order valence-corrected chi connectivity index (χ0v) is 19.1. The van der Waals surface area contributed by atoms with E-state index in [4.69, 9.17) is 0 Å². The number of piperidine rings is 1. The maximum Gasteiger partial charge on any atom is 0.274 e. The average Bonchev–Trinajstić information content (AvgIpc) is 3.55. The Kier molecular flexibility index (Phi) is 6.18. The van der Waals surface area contributed by atoms with Crippen molar-refractivity contribution < 1.29 is 9.18 Å². The molecule has 1 unspecified atom stereocenters. The summed E-state index contributed by atoms with van der Waals surface area (Å²) >= 11 is 0. The van der Waals surface area contributed by atoms with Crippen LogP contribution < -0.4 is 21.5 Å². The van der Waals surface area contributed by atoms with Gasteiger partial charge in [0.15, 0.2) is 5.65 Å². The Morgan fingerprint density at radius 2 is 2.15 bits per heavy atom. The maximum absolute atomic E-state index is 13.3. The monoisotopic (exact) mass is 468 g/mol. The van der Waals surface area contributed by atoms with Gasteiger partial charge in [-0.2, -0.15) is 9.61 Å². The minimum Gasteiger partial charge on any atom is -0.373 e. The third kappa shape index (κ3) is 4.47. The zero-order chi connectivity index (χ0) is 23.7. The normalized spacial score (nSPS) is 18.7. The van der Waals surface area contributed by atoms with Crippen LogP contribution in [-0.4, -0.2) is 69.4 Å². The molecule has 1 saturated carbocycles. The Morgan fingerprint density at radius 1 is 1.29 bits per heavy atom. The number of nitrogens with zero attached hydrogens (tertiary/aromatic N) is 5. The summed E-state index contributed by atoms with van der Waals surface area (Å²) in [6, 6.07) is 5.48. The quantitative estimate of drug-likeness (QED) is 0.465. The number of carbonyl (C=O) groups is 1. The number of pyridine rings is 1. The Labute approximate surface area is 196 Å². The number of aromatic nitrogens is 4. The first kappa shape index (κ1) is 22.3. The number of anilines is 3. The van der Waals surface area contributed by atoms with Crippen molar-refractivity contribution in [2.75, 3.05) is 44.0 Å². The fraction of sp³-hybridized carbons (Fsp3) is 0.478. The molecule has 1 atom stereocenters. The first-order chi connectivity index (χ1) is 16.6. The molecular formula is C23H29FN8O2. The summed E-state index contributed by atoms with van der Waals surface area (Å²) in [4.78, 5) is 32.6. The lowest BCUT2D eigenvalue weighted by Gasteiger charge is -2.33. The van der Waals surface area contributed by atoms with Gasteiger partial charge in [0.1, 0.15) is 29.6 Å². The van der Waals surface area contributed by atoms with Crippen molar-refractivity contribution in [1.29, 1.82) is 0 Å². The van der Waals surface area contributed by atoms with Gasteiger partial charge >= 0.3 is 0 Å². The van der Waals surface area contributed by atoms with Crippen LogP contribution in [0.2, 0.25) is 0 Å². The number of amides is 1. The van der Waals surface area contributed by atoms with E-state index in [1.807, 2.05) is 6.07 Å². The molecule has 3 N–H and O–H groups in total. The van der Waals surface area contributed by atoms with Gasteiger partial charge in [0, 0.05) is 44.5 Å². The summed E-state index contributed by atoms with van der Waals surface area (Å²) in [6.45, 7) is 1.50. The third-order valence-corrected chi connectivity index (χ3v) is 6.40. The Bertz CT molecular complexity index is 1250. The van der Waals surface area contributed by atoms with Crippen LogP contribution >= 0.6 is 0 Å². The van der Waals surface area contributed by atoms with Gasteiger partial charge < -0.3 is 20.5 Å². The van der Waals surface area contributed by atoms with Crippen LogP contribution in [0.25, 0.3) is 5.65 Å². The van der Waals surface area contributed by atoms with Gasteiger partial charge in [-0.3, -0.25) is 14.5 Å². The highest BCUT2D eigenvalue weighted by molar-refractivity contribution is 6.00. The van der Waals surface area contributed by atoms with E-state index < -0.39 is 0 Å². The summed E-state index contributed by atoms with van der Waals surface area (Å²) in [5.41, 5.74) is 1.00. The van der Waals surface area contributed by atoms with Crippen LogP contribution in [0.3, 0.4) is 0 Å². The van der Waals surface area contributed by atoms with Crippen molar-refractivity contribution in [3.63, 3.8) is 0 Å². The van der Waals surface area contributed by atoms with Gasteiger partial charge in [-0.15, -0.1) is 0 Å². The lowest BCUT2D eigenvalue weighted by atomic mass is 10.1. The molecule has 2 fully saturated rings. The Morgan fingerprint density at radius 3 is 2.91 bits per heavy atom. The van der Waals surface area contributed by atoms with E-state index in [9.17, 15) is 14.0 Å². The molecule has 3 aromatic rings. The molecule has 180 valence electrons. The molecule has 34 heavy (non-hydrogen) atoms. The average molecular weight is 469 g/mol. The van der Waals surface area contributed by atoms with Gasteiger partial charge in [-0.25, -0.2) is 9.37 Å². The van der Waals surface area contributed by atoms with E-state index in [0.29, 0.717) is 41.6 Å².